The average Bonchev–Trinajstić information content (AvgIpc) is 2.48. The van der Waals surface area contributed by atoms with Crippen LogP contribution in [0.4, 0.5) is 10.5 Å². The molecule has 72 valence electrons. The van der Waals surface area contributed by atoms with E-state index < -0.39 is 6.09 Å². The van der Waals surface area contributed by atoms with Gasteiger partial charge in [0.25, 0.3) is 0 Å². The van der Waals surface area contributed by atoms with Crippen LogP contribution < -0.4 is 5.32 Å². The highest BCUT2D eigenvalue weighted by Crippen LogP contribution is 2.29. The zero-order chi connectivity index (χ0) is 10.1. The average molecular weight is 211 g/mol. The van der Waals surface area contributed by atoms with E-state index in [1.54, 1.807) is 18.3 Å². The molecule has 0 fully saturated rings. The molecule has 2 aromatic rings. The Balaban J connectivity index is 2.63. The van der Waals surface area contributed by atoms with Crippen LogP contribution in [0.15, 0.2) is 24.4 Å². The number of hydrogen-bond acceptors (Lipinski definition) is 1. The third-order valence-corrected chi connectivity index (χ3v) is 2.20. The van der Waals surface area contributed by atoms with E-state index in [-0.39, 0.29) is 0 Å². The minimum absolute atomic E-state index is 0.487. The summed E-state index contributed by atoms with van der Waals surface area (Å²) in [6.07, 6.45) is 0.522. The van der Waals surface area contributed by atoms with Crippen LogP contribution in [0.3, 0.4) is 0 Å². The van der Waals surface area contributed by atoms with Crippen LogP contribution in [-0.2, 0) is 0 Å². The number of carboxylic acid groups (broad SMARTS) is 1. The van der Waals surface area contributed by atoms with Crippen LogP contribution >= 0.6 is 11.6 Å². The minimum Gasteiger partial charge on any atom is -0.465 e. The number of aromatic nitrogens is 1. The quantitative estimate of drug-likeness (QED) is 0.678. The lowest BCUT2D eigenvalue weighted by Gasteiger charge is -2.02. The molecule has 5 heteroatoms. The number of amides is 1. The van der Waals surface area contributed by atoms with Gasteiger partial charge in [0.15, 0.2) is 0 Å². The maximum atomic E-state index is 10.5. The summed E-state index contributed by atoms with van der Waals surface area (Å²) in [6.45, 7) is 0. The van der Waals surface area contributed by atoms with E-state index in [2.05, 4.69) is 10.3 Å². The van der Waals surface area contributed by atoms with Crippen molar-refractivity contribution in [2.24, 2.45) is 0 Å². The van der Waals surface area contributed by atoms with Gasteiger partial charge in [-0.2, -0.15) is 0 Å². The summed E-state index contributed by atoms with van der Waals surface area (Å²) in [4.78, 5) is 13.4. The summed E-state index contributed by atoms with van der Waals surface area (Å²) in [7, 11) is 0. The Morgan fingerprint density at radius 1 is 1.50 bits per heavy atom. The topological polar surface area (TPSA) is 65.1 Å². The van der Waals surface area contributed by atoms with Gasteiger partial charge in [-0.05, 0) is 12.1 Å². The number of H-pyrrole nitrogens is 1. The zero-order valence-corrected chi connectivity index (χ0v) is 7.80. The summed E-state index contributed by atoms with van der Waals surface area (Å²) < 4.78 is 0. The number of benzene rings is 1. The van der Waals surface area contributed by atoms with Gasteiger partial charge >= 0.3 is 6.09 Å². The molecule has 1 aromatic carbocycles. The first-order valence-corrected chi connectivity index (χ1v) is 4.32. The van der Waals surface area contributed by atoms with Crippen molar-refractivity contribution in [3.63, 3.8) is 0 Å². The number of fused-ring (bicyclic) bond motifs is 1. The summed E-state index contributed by atoms with van der Waals surface area (Å²) in [6, 6.07) is 5.24. The minimum atomic E-state index is -1.10. The van der Waals surface area contributed by atoms with E-state index in [4.69, 9.17) is 16.7 Å². The smallest absolute Gasteiger partial charge is 0.409 e. The molecule has 3 N–H and O–H groups in total. The first kappa shape index (κ1) is 8.90. The molecule has 0 spiro atoms. The van der Waals surface area contributed by atoms with Gasteiger partial charge in [0, 0.05) is 17.1 Å². The highest BCUT2D eigenvalue weighted by molar-refractivity contribution is 6.36. The maximum absolute atomic E-state index is 10.5. The van der Waals surface area contributed by atoms with Crippen molar-refractivity contribution in [2.45, 2.75) is 0 Å². The summed E-state index contributed by atoms with van der Waals surface area (Å²) >= 11 is 5.90. The molecule has 0 unspecified atom stereocenters. The second-order valence-electron chi connectivity index (χ2n) is 2.79. The van der Waals surface area contributed by atoms with Gasteiger partial charge in [0.1, 0.15) is 0 Å². The molecule has 0 aliphatic rings. The molecule has 2 rings (SSSR count). The first-order valence-electron chi connectivity index (χ1n) is 3.94. The largest absolute Gasteiger partial charge is 0.465 e. The Kier molecular flexibility index (Phi) is 2.05. The molecular weight excluding hydrogens is 204 g/mol. The number of nitrogens with one attached hydrogen (secondary N) is 2. The summed E-state index contributed by atoms with van der Waals surface area (Å²) in [5.41, 5.74) is 1.29. The molecule has 4 nitrogen and oxygen atoms in total. The van der Waals surface area contributed by atoms with Crippen molar-refractivity contribution in [1.82, 2.24) is 4.98 Å². The molecule has 1 aromatic heterocycles. The van der Waals surface area contributed by atoms with Crippen molar-refractivity contribution < 1.29 is 9.90 Å². The van der Waals surface area contributed by atoms with Crippen LogP contribution in [0, 0.1) is 0 Å². The molecule has 0 atom stereocenters. The fourth-order valence-electron chi connectivity index (χ4n) is 1.36. The standard InChI is InChI=1S/C9H7ClN2O2/c10-5-4-11-6-2-1-3-7(8(5)6)12-9(13)14/h1-4,11-12H,(H,13,14). The molecule has 0 radical (unpaired) electrons. The Hall–Kier alpha value is -1.68. The highest BCUT2D eigenvalue weighted by atomic mass is 35.5. The second kappa shape index (κ2) is 3.23. The lowest BCUT2D eigenvalue weighted by atomic mass is 10.2. The van der Waals surface area contributed by atoms with Crippen molar-refractivity contribution >= 4 is 34.3 Å². The van der Waals surface area contributed by atoms with Gasteiger partial charge in [-0.3, -0.25) is 5.32 Å². The van der Waals surface area contributed by atoms with E-state index in [0.29, 0.717) is 16.1 Å². The molecule has 0 bridgehead atoms. The molecule has 0 saturated carbocycles. The summed E-state index contributed by atoms with van der Waals surface area (Å²) in [5, 5.41) is 12.1. The number of rotatable bonds is 1. The third kappa shape index (κ3) is 1.40. The lowest BCUT2D eigenvalue weighted by Crippen LogP contribution is -2.07. The van der Waals surface area contributed by atoms with Crippen LogP contribution in [0.2, 0.25) is 5.02 Å². The van der Waals surface area contributed by atoms with Crippen molar-refractivity contribution in [1.29, 1.82) is 0 Å². The Labute approximate surface area is 84.5 Å². The number of carbonyl (C=O) groups is 1. The van der Waals surface area contributed by atoms with Crippen molar-refractivity contribution in [3.8, 4) is 0 Å². The molecule has 0 aliphatic carbocycles. The van der Waals surface area contributed by atoms with Gasteiger partial charge in [-0.25, -0.2) is 4.79 Å². The fraction of sp³-hybridized carbons (Fsp3) is 0. The van der Waals surface area contributed by atoms with Gasteiger partial charge in [-0.1, -0.05) is 17.7 Å². The normalized spacial score (nSPS) is 10.4. The summed E-state index contributed by atoms with van der Waals surface area (Å²) in [5.74, 6) is 0. The maximum Gasteiger partial charge on any atom is 0.409 e. The van der Waals surface area contributed by atoms with Crippen LogP contribution in [0.5, 0.6) is 0 Å². The van der Waals surface area contributed by atoms with E-state index in [1.165, 1.54) is 0 Å². The Morgan fingerprint density at radius 3 is 3.00 bits per heavy atom. The van der Waals surface area contributed by atoms with Gasteiger partial charge in [0.05, 0.1) is 10.7 Å². The first-order chi connectivity index (χ1) is 6.68. The Bertz CT molecular complexity index is 493. The number of aromatic amines is 1. The van der Waals surface area contributed by atoms with Crippen molar-refractivity contribution in [3.05, 3.63) is 29.4 Å². The predicted octanol–water partition coefficient (Wildman–Crippen LogP) is 2.91. The van der Waals surface area contributed by atoms with Gasteiger partial charge < -0.3 is 10.1 Å². The molecule has 14 heavy (non-hydrogen) atoms. The predicted molar refractivity (Wildman–Crippen MR) is 55.0 cm³/mol. The molecule has 0 saturated heterocycles. The van der Waals surface area contributed by atoms with E-state index in [9.17, 15) is 4.79 Å². The fourth-order valence-corrected chi connectivity index (χ4v) is 1.62. The Morgan fingerprint density at radius 2 is 2.29 bits per heavy atom. The van der Waals surface area contributed by atoms with E-state index >= 15 is 0 Å². The zero-order valence-electron chi connectivity index (χ0n) is 7.04. The van der Waals surface area contributed by atoms with Crippen molar-refractivity contribution in [2.75, 3.05) is 5.32 Å². The van der Waals surface area contributed by atoms with Crippen LogP contribution in [0.25, 0.3) is 10.9 Å². The number of halogens is 1. The molecular formula is C9H7ClN2O2. The molecule has 1 amide bonds. The monoisotopic (exact) mass is 210 g/mol. The number of anilines is 1. The van der Waals surface area contributed by atoms with Gasteiger partial charge in [0.2, 0.25) is 0 Å². The third-order valence-electron chi connectivity index (χ3n) is 1.90. The second-order valence-corrected chi connectivity index (χ2v) is 3.20. The lowest BCUT2D eigenvalue weighted by molar-refractivity contribution is 0.210. The highest BCUT2D eigenvalue weighted by Gasteiger charge is 2.08. The van der Waals surface area contributed by atoms with Crippen LogP contribution in [-0.4, -0.2) is 16.2 Å². The van der Waals surface area contributed by atoms with Crippen LogP contribution in [0.1, 0.15) is 0 Å². The molecule has 0 aliphatic heterocycles. The van der Waals surface area contributed by atoms with E-state index in [0.717, 1.165) is 5.52 Å². The van der Waals surface area contributed by atoms with E-state index in [1.807, 2.05) is 6.07 Å². The van der Waals surface area contributed by atoms with Gasteiger partial charge in [-0.15, -0.1) is 0 Å². The molecule has 1 heterocycles. The number of hydrogen-bond donors (Lipinski definition) is 3. The SMILES string of the molecule is O=C(O)Nc1cccc2[nH]cc(Cl)c12.